The van der Waals surface area contributed by atoms with Crippen molar-refractivity contribution >= 4 is 54.5 Å². The predicted octanol–water partition coefficient (Wildman–Crippen LogP) is 10.00. The lowest BCUT2D eigenvalue weighted by Crippen LogP contribution is -2.05. The van der Waals surface area contributed by atoms with Crippen LogP contribution in [0.4, 0.5) is 0 Å². The van der Waals surface area contributed by atoms with Crippen LogP contribution in [0, 0.1) is 6.92 Å². The van der Waals surface area contributed by atoms with E-state index in [9.17, 15) is 0 Å². The van der Waals surface area contributed by atoms with Crippen LogP contribution in [0.5, 0.6) is 28.7 Å². The average molecular weight is 727 g/mol. The fourth-order valence-electron chi connectivity index (χ4n) is 4.14. The first-order valence-electron chi connectivity index (χ1n) is 13.4. The van der Waals surface area contributed by atoms with Gasteiger partial charge in [-0.2, -0.15) is 0 Å². The fraction of sp³-hybridized carbons (Fsp3) is 0.355. The lowest BCUT2D eigenvalue weighted by molar-refractivity contribution is 0.0226. The van der Waals surface area contributed by atoms with Crippen LogP contribution in [0.25, 0.3) is 22.3 Å². The van der Waals surface area contributed by atoms with E-state index in [2.05, 4.69) is 61.7 Å². The molecule has 0 aliphatic rings. The molecule has 0 fully saturated rings. The minimum absolute atomic E-state index is 0.202. The highest BCUT2D eigenvalue weighted by Gasteiger charge is 2.19. The van der Waals surface area contributed by atoms with Gasteiger partial charge in [0.15, 0.2) is 18.3 Å². The molecule has 0 saturated carbocycles. The van der Waals surface area contributed by atoms with Crippen molar-refractivity contribution in [1.82, 2.24) is 0 Å². The van der Waals surface area contributed by atoms with Crippen molar-refractivity contribution in [2.24, 2.45) is 0 Å². The summed E-state index contributed by atoms with van der Waals surface area (Å²) < 4.78 is 37.1. The number of hydrogen-bond acceptors (Lipinski definition) is 8. The molecule has 0 atom stereocenters. The third kappa shape index (κ3) is 8.20. The van der Waals surface area contributed by atoms with Gasteiger partial charge in [-0.1, -0.05) is 11.6 Å². The zero-order chi connectivity index (χ0) is 29.2. The lowest BCUT2D eigenvalue weighted by atomic mass is 10.0. The van der Waals surface area contributed by atoms with Crippen LogP contribution in [-0.4, -0.2) is 40.3 Å². The van der Waals surface area contributed by atoms with E-state index in [1.165, 1.54) is 0 Å². The van der Waals surface area contributed by atoms with E-state index in [-0.39, 0.29) is 6.79 Å². The predicted molar refractivity (Wildman–Crippen MR) is 175 cm³/mol. The van der Waals surface area contributed by atoms with Gasteiger partial charge in [0.05, 0.1) is 26.9 Å². The quantitative estimate of drug-likeness (QED) is 0.0847. The Morgan fingerprint density at radius 3 is 1.85 bits per heavy atom. The van der Waals surface area contributed by atoms with Crippen LogP contribution in [0.15, 0.2) is 54.7 Å². The number of halogens is 2. The monoisotopic (exact) mass is 724 g/mol. The standard InChI is InChI=1S/C31H34Br2O6S2/c1-5-35-19-39-29-24(17-41-31(29)33)22-15-20(3)9-11-26(22)37-13-7-8-14-38-27-12-10-21(34-4)16-23(27)25-18-40-30(32)28(25)36-6-2/h9-12,15-18H,5-8,13-14,19H2,1-4H3. The Kier molecular flexibility index (Phi) is 12.2. The normalized spacial score (nSPS) is 11.0. The highest BCUT2D eigenvalue weighted by atomic mass is 79.9. The molecule has 2 aromatic carbocycles. The molecule has 0 unspecified atom stereocenters. The maximum atomic E-state index is 6.27. The maximum Gasteiger partial charge on any atom is 0.189 e. The van der Waals surface area contributed by atoms with Gasteiger partial charge in [0, 0.05) is 39.6 Å². The Morgan fingerprint density at radius 1 is 0.683 bits per heavy atom. The van der Waals surface area contributed by atoms with Crippen LogP contribution in [0.2, 0.25) is 0 Å². The van der Waals surface area contributed by atoms with Crippen LogP contribution in [0.3, 0.4) is 0 Å². The molecule has 0 aliphatic heterocycles. The largest absolute Gasteiger partial charge is 0.497 e. The molecule has 0 amide bonds. The first-order chi connectivity index (χ1) is 20.0. The van der Waals surface area contributed by atoms with E-state index < -0.39 is 0 Å². The molecule has 0 N–H and O–H groups in total. The Hall–Kier alpha value is -2.24. The van der Waals surface area contributed by atoms with Gasteiger partial charge in [0.25, 0.3) is 0 Å². The Bertz CT molecular complexity index is 1420. The number of ether oxygens (including phenoxy) is 6. The molecular formula is C31H34Br2O6S2. The Morgan fingerprint density at radius 2 is 1.27 bits per heavy atom. The minimum atomic E-state index is 0.202. The molecule has 41 heavy (non-hydrogen) atoms. The SMILES string of the molecule is CCOCOc1c(-c2cc(C)ccc2OCCCCOc2ccc(OC)cc2-c2csc(Br)c2OCC)csc1Br. The molecule has 220 valence electrons. The summed E-state index contributed by atoms with van der Waals surface area (Å²) in [6, 6.07) is 12.1. The molecule has 6 nitrogen and oxygen atoms in total. The highest BCUT2D eigenvalue weighted by Crippen LogP contribution is 2.47. The molecular weight excluding hydrogens is 692 g/mol. The molecule has 0 radical (unpaired) electrons. The number of hydrogen-bond donors (Lipinski definition) is 0. The highest BCUT2D eigenvalue weighted by molar-refractivity contribution is 9.11. The van der Waals surface area contributed by atoms with E-state index in [0.717, 1.165) is 77.0 Å². The second kappa shape index (κ2) is 15.8. The molecule has 10 heteroatoms. The number of thiophene rings is 2. The zero-order valence-corrected chi connectivity index (χ0v) is 28.4. The number of aryl methyl sites for hydroxylation is 1. The second-order valence-corrected chi connectivity index (χ2v) is 13.4. The van der Waals surface area contributed by atoms with Crippen molar-refractivity contribution in [3.8, 4) is 51.0 Å². The molecule has 0 aliphatic carbocycles. The van der Waals surface area contributed by atoms with Gasteiger partial charge in [0.1, 0.15) is 24.8 Å². The van der Waals surface area contributed by atoms with Crippen molar-refractivity contribution < 1.29 is 28.4 Å². The van der Waals surface area contributed by atoms with E-state index in [4.69, 9.17) is 28.4 Å². The topological polar surface area (TPSA) is 55.4 Å². The van der Waals surface area contributed by atoms with Crippen LogP contribution < -0.4 is 23.7 Å². The van der Waals surface area contributed by atoms with Crippen molar-refractivity contribution in [1.29, 1.82) is 0 Å². The third-order valence-corrected chi connectivity index (χ3v) is 9.48. The fourth-order valence-corrected chi connectivity index (χ4v) is 6.82. The molecule has 0 saturated heterocycles. The molecule has 2 heterocycles. The average Bonchev–Trinajstić information content (AvgIpc) is 3.53. The lowest BCUT2D eigenvalue weighted by Gasteiger charge is -2.15. The van der Waals surface area contributed by atoms with Crippen molar-refractivity contribution in [2.45, 2.75) is 33.6 Å². The van der Waals surface area contributed by atoms with Crippen LogP contribution in [-0.2, 0) is 4.74 Å². The minimum Gasteiger partial charge on any atom is -0.497 e. The Labute approximate surface area is 266 Å². The first-order valence-corrected chi connectivity index (χ1v) is 16.7. The number of methoxy groups -OCH3 is 1. The van der Waals surface area contributed by atoms with Crippen molar-refractivity contribution in [3.05, 3.63) is 60.3 Å². The zero-order valence-electron chi connectivity index (χ0n) is 23.6. The maximum absolute atomic E-state index is 6.27. The van der Waals surface area contributed by atoms with Crippen LogP contribution >= 0.6 is 54.5 Å². The Balaban J connectivity index is 1.38. The summed E-state index contributed by atoms with van der Waals surface area (Å²) in [4.78, 5) is 0. The van der Waals surface area contributed by atoms with E-state index in [0.29, 0.717) is 26.4 Å². The third-order valence-electron chi connectivity index (χ3n) is 6.14. The van der Waals surface area contributed by atoms with E-state index in [1.807, 2.05) is 38.1 Å². The van der Waals surface area contributed by atoms with Gasteiger partial charge >= 0.3 is 0 Å². The molecule has 4 rings (SSSR count). The van der Waals surface area contributed by atoms with E-state index >= 15 is 0 Å². The van der Waals surface area contributed by atoms with Crippen molar-refractivity contribution in [2.75, 3.05) is 40.3 Å². The molecule has 4 aromatic rings. The van der Waals surface area contributed by atoms with Gasteiger partial charge in [-0.25, -0.2) is 0 Å². The van der Waals surface area contributed by atoms with Gasteiger partial charge in [-0.05, 0) is 95.8 Å². The van der Waals surface area contributed by atoms with Gasteiger partial charge in [-0.3, -0.25) is 0 Å². The summed E-state index contributed by atoms with van der Waals surface area (Å²) in [5, 5.41) is 4.15. The van der Waals surface area contributed by atoms with Crippen molar-refractivity contribution in [3.63, 3.8) is 0 Å². The van der Waals surface area contributed by atoms with E-state index in [1.54, 1.807) is 29.8 Å². The number of unbranched alkanes of at least 4 members (excludes halogenated alkanes) is 1. The summed E-state index contributed by atoms with van der Waals surface area (Å²) in [6.45, 7) is 8.51. The first kappa shape index (κ1) is 31.7. The van der Waals surface area contributed by atoms with Gasteiger partial charge < -0.3 is 28.4 Å². The molecule has 2 aromatic heterocycles. The van der Waals surface area contributed by atoms with Crippen LogP contribution in [0.1, 0.15) is 32.3 Å². The summed E-state index contributed by atoms with van der Waals surface area (Å²) >= 11 is 10.4. The summed E-state index contributed by atoms with van der Waals surface area (Å²) in [6.07, 6.45) is 1.68. The number of rotatable bonds is 16. The summed E-state index contributed by atoms with van der Waals surface area (Å²) in [7, 11) is 1.66. The summed E-state index contributed by atoms with van der Waals surface area (Å²) in [5.41, 5.74) is 5.07. The second-order valence-electron chi connectivity index (χ2n) is 8.96. The summed E-state index contributed by atoms with van der Waals surface area (Å²) in [5.74, 6) is 3.98. The number of benzene rings is 2. The molecule has 0 spiro atoms. The van der Waals surface area contributed by atoms with Gasteiger partial charge in [0.2, 0.25) is 0 Å². The molecule has 0 bridgehead atoms. The van der Waals surface area contributed by atoms with Gasteiger partial charge in [-0.15, -0.1) is 22.7 Å². The smallest absolute Gasteiger partial charge is 0.189 e.